The first-order valence-electron chi connectivity index (χ1n) is 7.60. The predicted molar refractivity (Wildman–Crippen MR) is 82.6 cm³/mol. The van der Waals surface area contributed by atoms with Crippen LogP contribution in [0.2, 0.25) is 5.15 Å². The summed E-state index contributed by atoms with van der Waals surface area (Å²) in [5.74, 6) is 0.164. The second kappa shape index (κ2) is 6.79. The molecule has 6 heteroatoms. The van der Waals surface area contributed by atoms with Gasteiger partial charge >= 0.3 is 0 Å². The number of carbonyl (C=O) groups excluding carboxylic acids is 1. The van der Waals surface area contributed by atoms with Gasteiger partial charge in [-0.15, -0.1) is 0 Å². The maximum Gasteiger partial charge on any atom is 0.256 e. The fourth-order valence-electron chi connectivity index (χ4n) is 2.93. The van der Waals surface area contributed by atoms with Crippen LogP contribution in [-0.2, 0) is 7.05 Å². The Labute approximate surface area is 130 Å². The summed E-state index contributed by atoms with van der Waals surface area (Å²) < 4.78 is 1.51. The average Bonchev–Trinajstić information content (AvgIpc) is 3.05. The standard InChI is InChI=1S/C15H24ClN3O2/c1-9(2)13-12(14(16)19(3)18-13)15(21)17-8-11(20)10-6-4-5-7-10/h9-11,20H,4-8H2,1-3H3,(H,17,21). The predicted octanol–water partition coefficient (Wildman–Crippen LogP) is 2.48. The van der Waals surface area contributed by atoms with Gasteiger partial charge in [-0.2, -0.15) is 5.10 Å². The number of hydrogen-bond donors (Lipinski definition) is 2. The zero-order chi connectivity index (χ0) is 15.6. The van der Waals surface area contributed by atoms with Crippen molar-refractivity contribution in [1.29, 1.82) is 0 Å². The van der Waals surface area contributed by atoms with Crippen LogP contribution in [0.25, 0.3) is 0 Å². The lowest BCUT2D eigenvalue weighted by atomic mass is 10.0. The number of rotatable bonds is 5. The maximum absolute atomic E-state index is 12.4. The molecule has 1 heterocycles. The van der Waals surface area contributed by atoms with Gasteiger partial charge in [0.1, 0.15) is 5.15 Å². The smallest absolute Gasteiger partial charge is 0.256 e. The van der Waals surface area contributed by atoms with Crippen LogP contribution in [0.15, 0.2) is 0 Å². The van der Waals surface area contributed by atoms with Gasteiger partial charge in [-0.25, -0.2) is 0 Å². The summed E-state index contributed by atoms with van der Waals surface area (Å²) in [6, 6.07) is 0. The van der Waals surface area contributed by atoms with E-state index in [0.717, 1.165) is 12.8 Å². The molecule has 0 aromatic carbocycles. The molecule has 1 unspecified atom stereocenters. The highest BCUT2D eigenvalue weighted by atomic mass is 35.5. The SMILES string of the molecule is CC(C)c1nn(C)c(Cl)c1C(=O)NCC(O)C1CCCC1. The summed E-state index contributed by atoms with van der Waals surface area (Å²) in [6.45, 7) is 4.22. The summed E-state index contributed by atoms with van der Waals surface area (Å²) in [6.07, 6.45) is 3.95. The number of aromatic nitrogens is 2. The Kier molecular flexibility index (Phi) is 5.27. The minimum atomic E-state index is -0.477. The van der Waals surface area contributed by atoms with Gasteiger partial charge in [-0.05, 0) is 24.7 Å². The van der Waals surface area contributed by atoms with Gasteiger partial charge in [-0.3, -0.25) is 9.48 Å². The first-order chi connectivity index (χ1) is 9.91. The van der Waals surface area contributed by atoms with Gasteiger partial charge in [0.05, 0.1) is 17.4 Å². The Bertz CT molecular complexity index is 507. The first-order valence-corrected chi connectivity index (χ1v) is 7.98. The molecule has 0 aliphatic heterocycles. The van der Waals surface area contributed by atoms with Crippen LogP contribution >= 0.6 is 11.6 Å². The van der Waals surface area contributed by atoms with E-state index in [1.54, 1.807) is 7.05 Å². The third-order valence-corrected chi connectivity index (χ3v) is 4.63. The van der Waals surface area contributed by atoms with Gasteiger partial charge in [0.15, 0.2) is 0 Å². The number of carbonyl (C=O) groups is 1. The molecule has 0 bridgehead atoms. The van der Waals surface area contributed by atoms with Gasteiger partial charge in [0, 0.05) is 13.6 Å². The number of aliphatic hydroxyl groups is 1. The normalized spacial score (nSPS) is 17.4. The highest BCUT2D eigenvalue weighted by Gasteiger charge is 2.26. The van der Waals surface area contributed by atoms with Crippen LogP contribution in [0, 0.1) is 5.92 Å². The third-order valence-electron chi connectivity index (χ3n) is 4.19. The largest absolute Gasteiger partial charge is 0.391 e. The molecule has 5 nitrogen and oxygen atoms in total. The highest BCUT2D eigenvalue weighted by Crippen LogP contribution is 2.28. The molecular weight excluding hydrogens is 290 g/mol. The quantitative estimate of drug-likeness (QED) is 0.877. The molecule has 2 N–H and O–H groups in total. The zero-order valence-corrected chi connectivity index (χ0v) is 13.7. The van der Waals surface area contributed by atoms with E-state index in [-0.39, 0.29) is 18.4 Å². The molecule has 2 rings (SSSR count). The molecule has 0 radical (unpaired) electrons. The molecule has 0 saturated heterocycles. The second-order valence-electron chi connectivity index (χ2n) is 6.15. The van der Waals surface area contributed by atoms with Gasteiger partial charge in [0.2, 0.25) is 0 Å². The number of nitrogens with zero attached hydrogens (tertiary/aromatic N) is 2. The third kappa shape index (κ3) is 3.58. The molecule has 1 amide bonds. The summed E-state index contributed by atoms with van der Waals surface area (Å²) in [5.41, 5.74) is 1.11. The fraction of sp³-hybridized carbons (Fsp3) is 0.733. The number of halogens is 1. The van der Waals surface area contributed by atoms with Gasteiger partial charge < -0.3 is 10.4 Å². The van der Waals surface area contributed by atoms with E-state index in [2.05, 4.69) is 10.4 Å². The lowest BCUT2D eigenvalue weighted by molar-refractivity contribution is 0.0839. The van der Waals surface area contributed by atoms with Crippen molar-refractivity contribution in [2.45, 2.75) is 51.6 Å². The van der Waals surface area contributed by atoms with Crippen molar-refractivity contribution in [2.75, 3.05) is 6.54 Å². The molecule has 1 atom stereocenters. The van der Waals surface area contributed by atoms with Crippen molar-refractivity contribution in [3.05, 3.63) is 16.4 Å². The molecule has 1 aliphatic carbocycles. The van der Waals surface area contributed by atoms with Crippen molar-refractivity contribution in [2.24, 2.45) is 13.0 Å². The fourth-order valence-corrected chi connectivity index (χ4v) is 3.15. The number of aryl methyl sites for hydroxylation is 1. The minimum Gasteiger partial charge on any atom is -0.391 e. The van der Waals surface area contributed by atoms with E-state index in [1.165, 1.54) is 17.5 Å². The molecule has 1 aromatic heterocycles. The Morgan fingerprint density at radius 3 is 2.67 bits per heavy atom. The lowest BCUT2D eigenvalue weighted by Gasteiger charge is -2.18. The van der Waals surface area contributed by atoms with Gasteiger partial charge in [0.25, 0.3) is 5.91 Å². The molecule has 118 valence electrons. The maximum atomic E-state index is 12.4. The number of amides is 1. The minimum absolute atomic E-state index is 0.115. The summed E-state index contributed by atoms with van der Waals surface area (Å²) in [7, 11) is 1.72. The van der Waals surface area contributed by atoms with Crippen LogP contribution in [0.5, 0.6) is 0 Å². The molecule has 0 spiro atoms. The second-order valence-corrected chi connectivity index (χ2v) is 6.51. The van der Waals surface area contributed by atoms with Crippen molar-refractivity contribution in [3.63, 3.8) is 0 Å². The van der Waals surface area contributed by atoms with Crippen molar-refractivity contribution < 1.29 is 9.90 Å². The molecule has 1 fully saturated rings. The van der Waals surface area contributed by atoms with Gasteiger partial charge in [-0.1, -0.05) is 38.3 Å². The number of nitrogens with one attached hydrogen (secondary N) is 1. The van der Waals surface area contributed by atoms with Crippen molar-refractivity contribution >= 4 is 17.5 Å². The number of aliphatic hydroxyl groups excluding tert-OH is 1. The monoisotopic (exact) mass is 313 g/mol. The molecule has 1 aliphatic rings. The first kappa shape index (κ1) is 16.3. The average molecular weight is 314 g/mol. The summed E-state index contributed by atoms with van der Waals surface area (Å²) in [4.78, 5) is 12.4. The molecule has 1 aromatic rings. The summed E-state index contributed by atoms with van der Waals surface area (Å²) in [5, 5.41) is 17.6. The zero-order valence-electron chi connectivity index (χ0n) is 12.9. The Morgan fingerprint density at radius 2 is 2.10 bits per heavy atom. The summed E-state index contributed by atoms with van der Waals surface area (Å²) >= 11 is 6.17. The van der Waals surface area contributed by atoms with Crippen LogP contribution in [0.4, 0.5) is 0 Å². The highest BCUT2D eigenvalue weighted by molar-refractivity contribution is 6.33. The van der Waals surface area contributed by atoms with E-state index in [1.807, 2.05) is 13.8 Å². The van der Waals surface area contributed by atoms with E-state index in [0.29, 0.717) is 22.3 Å². The molecule has 21 heavy (non-hydrogen) atoms. The van der Waals surface area contributed by atoms with Crippen molar-refractivity contribution in [3.8, 4) is 0 Å². The van der Waals surface area contributed by atoms with Crippen LogP contribution in [-0.4, -0.2) is 33.4 Å². The van der Waals surface area contributed by atoms with Crippen LogP contribution in [0.1, 0.15) is 61.5 Å². The van der Waals surface area contributed by atoms with E-state index in [4.69, 9.17) is 11.6 Å². The van der Waals surface area contributed by atoms with Crippen LogP contribution < -0.4 is 5.32 Å². The van der Waals surface area contributed by atoms with E-state index >= 15 is 0 Å². The van der Waals surface area contributed by atoms with E-state index < -0.39 is 6.10 Å². The van der Waals surface area contributed by atoms with Crippen molar-refractivity contribution in [1.82, 2.24) is 15.1 Å². The van der Waals surface area contributed by atoms with E-state index in [9.17, 15) is 9.90 Å². The van der Waals surface area contributed by atoms with Crippen LogP contribution in [0.3, 0.4) is 0 Å². The topological polar surface area (TPSA) is 67.2 Å². The Balaban J connectivity index is 2.03. The molecular formula is C15H24ClN3O2. The Morgan fingerprint density at radius 1 is 1.48 bits per heavy atom. The lowest BCUT2D eigenvalue weighted by Crippen LogP contribution is -2.36. The Hall–Kier alpha value is -1.07. The number of hydrogen-bond acceptors (Lipinski definition) is 3. The molecule has 1 saturated carbocycles.